The molecule has 3 N–H and O–H groups in total. The molecule has 0 spiro atoms. The topological polar surface area (TPSA) is 58.4 Å². The fraction of sp³-hybridized carbons (Fsp3) is 0.909. The summed E-state index contributed by atoms with van der Waals surface area (Å²) >= 11 is 0. The van der Waals surface area contributed by atoms with E-state index in [2.05, 4.69) is 24.3 Å². The molecule has 0 aliphatic heterocycles. The molecule has 1 fully saturated rings. The van der Waals surface area contributed by atoms with E-state index in [9.17, 15) is 4.79 Å². The highest BCUT2D eigenvalue weighted by atomic mass is 16.2. The molecule has 1 aliphatic carbocycles. The first kappa shape index (κ1) is 12.5. The van der Waals surface area contributed by atoms with Crippen molar-refractivity contribution in [3.05, 3.63) is 0 Å². The Bertz CT molecular complexity index is 200. The predicted octanol–water partition coefficient (Wildman–Crippen LogP) is 0.877. The highest BCUT2D eigenvalue weighted by molar-refractivity contribution is 5.75. The van der Waals surface area contributed by atoms with E-state index < -0.39 is 0 Å². The fourth-order valence-corrected chi connectivity index (χ4v) is 2.22. The first-order valence-electron chi connectivity index (χ1n) is 5.83. The second-order valence-electron chi connectivity index (χ2n) is 4.71. The van der Waals surface area contributed by atoms with Gasteiger partial charge in [0.2, 0.25) is 5.91 Å². The van der Waals surface area contributed by atoms with Crippen LogP contribution in [0.25, 0.3) is 0 Å². The molecule has 0 unspecified atom stereocenters. The van der Waals surface area contributed by atoms with Gasteiger partial charge >= 0.3 is 0 Å². The van der Waals surface area contributed by atoms with E-state index in [1.54, 1.807) is 0 Å². The first-order valence-corrected chi connectivity index (χ1v) is 5.83. The molecular formula is C11H23N3O. The van der Waals surface area contributed by atoms with Crippen LogP contribution in [0.1, 0.15) is 39.0 Å². The Balaban J connectivity index is 2.22. The maximum Gasteiger partial charge on any atom is 0.235 e. The number of hydrazine groups is 1. The van der Waals surface area contributed by atoms with Crippen LogP contribution in [0.5, 0.6) is 0 Å². The number of hydrogen-bond donors (Lipinski definition) is 2. The van der Waals surface area contributed by atoms with Gasteiger partial charge in [0.05, 0.1) is 0 Å². The maximum absolute atomic E-state index is 11.0. The predicted molar refractivity (Wildman–Crippen MR) is 61.0 cm³/mol. The lowest BCUT2D eigenvalue weighted by atomic mass is 9.87. The molecule has 15 heavy (non-hydrogen) atoms. The molecule has 0 aromatic carbocycles. The minimum atomic E-state index is -0.0778. The van der Waals surface area contributed by atoms with Crippen molar-refractivity contribution in [2.24, 2.45) is 11.8 Å². The van der Waals surface area contributed by atoms with Crippen molar-refractivity contribution in [1.29, 1.82) is 0 Å². The maximum atomic E-state index is 11.0. The Labute approximate surface area is 92.2 Å². The quantitative estimate of drug-likeness (QED) is 0.414. The molecular weight excluding hydrogens is 190 g/mol. The van der Waals surface area contributed by atoms with Crippen LogP contribution in [0.4, 0.5) is 0 Å². The number of amides is 1. The Morgan fingerprint density at radius 2 is 2.00 bits per heavy atom. The number of nitrogens with one attached hydrogen (secondary N) is 1. The van der Waals surface area contributed by atoms with Gasteiger partial charge in [0.1, 0.15) is 0 Å². The monoisotopic (exact) mass is 213 g/mol. The molecule has 0 aromatic rings. The van der Waals surface area contributed by atoms with Gasteiger partial charge in [0.15, 0.2) is 0 Å². The van der Waals surface area contributed by atoms with Gasteiger partial charge in [0.25, 0.3) is 0 Å². The van der Waals surface area contributed by atoms with Crippen molar-refractivity contribution in [2.75, 3.05) is 13.6 Å². The molecule has 88 valence electrons. The summed E-state index contributed by atoms with van der Waals surface area (Å²) in [6.07, 6.45) is 5.67. The van der Waals surface area contributed by atoms with Gasteiger partial charge in [-0.05, 0) is 38.6 Å². The normalized spacial score (nSPS) is 26.7. The van der Waals surface area contributed by atoms with Crippen molar-refractivity contribution >= 4 is 5.91 Å². The number of rotatable bonds is 4. The van der Waals surface area contributed by atoms with Crippen molar-refractivity contribution < 1.29 is 4.79 Å². The lowest BCUT2D eigenvalue weighted by Crippen LogP contribution is -2.38. The first-order chi connectivity index (χ1) is 7.13. The molecule has 0 radical (unpaired) electrons. The van der Waals surface area contributed by atoms with Crippen molar-refractivity contribution in [3.63, 3.8) is 0 Å². The minimum Gasteiger partial charge on any atom is -0.303 e. The molecule has 0 bridgehead atoms. The Morgan fingerprint density at radius 3 is 2.53 bits per heavy atom. The van der Waals surface area contributed by atoms with Crippen molar-refractivity contribution in [1.82, 2.24) is 10.3 Å². The molecule has 4 heteroatoms. The van der Waals surface area contributed by atoms with Gasteiger partial charge in [-0.1, -0.05) is 6.92 Å². The number of nitrogens with two attached hydrogens (primary N) is 1. The van der Waals surface area contributed by atoms with Gasteiger partial charge in [-0.2, -0.15) is 0 Å². The average molecular weight is 213 g/mol. The molecule has 1 amide bonds. The summed E-state index contributed by atoms with van der Waals surface area (Å²) in [5.74, 6) is 5.84. The molecule has 1 saturated carbocycles. The Hall–Kier alpha value is -0.610. The van der Waals surface area contributed by atoms with Crippen LogP contribution in [0.2, 0.25) is 0 Å². The van der Waals surface area contributed by atoms with Crippen molar-refractivity contribution in [3.8, 4) is 0 Å². The molecule has 0 atom stereocenters. The zero-order valence-corrected chi connectivity index (χ0v) is 9.83. The zero-order chi connectivity index (χ0) is 11.3. The van der Waals surface area contributed by atoms with E-state index in [0.29, 0.717) is 12.5 Å². The van der Waals surface area contributed by atoms with Crippen LogP contribution in [-0.4, -0.2) is 30.4 Å². The molecule has 0 heterocycles. The molecule has 1 rings (SSSR count). The van der Waals surface area contributed by atoms with E-state index in [1.165, 1.54) is 25.7 Å². The van der Waals surface area contributed by atoms with Crippen LogP contribution in [0.3, 0.4) is 0 Å². The van der Waals surface area contributed by atoms with Crippen LogP contribution in [0, 0.1) is 5.92 Å². The largest absolute Gasteiger partial charge is 0.303 e. The second-order valence-corrected chi connectivity index (χ2v) is 4.71. The summed E-state index contributed by atoms with van der Waals surface area (Å²) in [5, 5.41) is 0. The van der Waals surface area contributed by atoms with Crippen LogP contribution in [-0.2, 0) is 4.79 Å². The van der Waals surface area contributed by atoms with E-state index in [4.69, 9.17) is 5.84 Å². The Morgan fingerprint density at radius 1 is 1.40 bits per heavy atom. The average Bonchev–Trinajstić information content (AvgIpc) is 2.26. The smallest absolute Gasteiger partial charge is 0.235 e. The van der Waals surface area contributed by atoms with E-state index >= 15 is 0 Å². The van der Waals surface area contributed by atoms with Gasteiger partial charge in [-0.15, -0.1) is 0 Å². The number of carbonyl (C=O) groups excluding carboxylic acids is 1. The fourth-order valence-electron chi connectivity index (χ4n) is 2.22. The summed E-state index contributed by atoms with van der Waals surface area (Å²) < 4.78 is 0. The van der Waals surface area contributed by atoms with Gasteiger partial charge in [-0.25, -0.2) is 5.84 Å². The standard InChI is InChI=1S/C11H23N3O/c1-9-3-5-10(6-4-9)14(2)8-7-11(15)13-12/h9-10H,3-8,12H2,1-2H3,(H,13,15). The van der Waals surface area contributed by atoms with Gasteiger partial charge in [-0.3, -0.25) is 10.2 Å². The molecule has 0 aromatic heterocycles. The SMILES string of the molecule is CC1CCC(N(C)CCC(=O)NN)CC1. The van der Waals surface area contributed by atoms with E-state index in [0.717, 1.165) is 12.5 Å². The second kappa shape index (κ2) is 6.08. The summed E-state index contributed by atoms with van der Waals surface area (Å²) in [6, 6.07) is 0.659. The van der Waals surface area contributed by atoms with Gasteiger partial charge in [0, 0.05) is 19.0 Å². The number of nitrogens with zero attached hydrogens (tertiary/aromatic N) is 1. The third-order valence-electron chi connectivity index (χ3n) is 3.46. The zero-order valence-electron chi connectivity index (χ0n) is 9.83. The van der Waals surface area contributed by atoms with Crippen LogP contribution >= 0.6 is 0 Å². The third-order valence-corrected chi connectivity index (χ3v) is 3.46. The summed E-state index contributed by atoms with van der Waals surface area (Å²) in [5.41, 5.74) is 2.16. The summed E-state index contributed by atoms with van der Waals surface area (Å²) in [6.45, 7) is 3.13. The highest BCUT2D eigenvalue weighted by Crippen LogP contribution is 2.26. The van der Waals surface area contributed by atoms with Gasteiger partial charge < -0.3 is 4.90 Å². The van der Waals surface area contributed by atoms with Crippen LogP contribution in [0.15, 0.2) is 0 Å². The number of hydrogen-bond acceptors (Lipinski definition) is 3. The lowest BCUT2D eigenvalue weighted by Gasteiger charge is -2.33. The van der Waals surface area contributed by atoms with Crippen molar-refractivity contribution in [2.45, 2.75) is 45.1 Å². The van der Waals surface area contributed by atoms with Crippen LogP contribution < -0.4 is 11.3 Å². The molecule has 0 saturated heterocycles. The highest BCUT2D eigenvalue weighted by Gasteiger charge is 2.21. The minimum absolute atomic E-state index is 0.0778. The third kappa shape index (κ3) is 4.18. The Kier molecular flexibility index (Phi) is 5.05. The van der Waals surface area contributed by atoms with E-state index in [-0.39, 0.29) is 5.91 Å². The summed E-state index contributed by atoms with van der Waals surface area (Å²) in [7, 11) is 2.10. The summed E-state index contributed by atoms with van der Waals surface area (Å²) in [4.78, 5) is 13.3. The molecule has 1 aliphatic rings. The molecule has 4 nitrogen and oxygen atoms in total. The number of carbonyl (C=O) groups is 1. The lowest BCUT2D eigenvalue weighted by molar-refractivity contribution is -0.121. The van der Waals surface area contributed by atoms with E-state index in [1.807, 2.05) is 0 Å².